The zero-order valence-electron chi connectivity index (χ0n) is 18.3. The normalized spacial score (nSPS) is 26.6. The second kappa shape index (κ2) is 6.52. The van der Waals surface area contributed by atoms with Gasteiger partial charge in [-0.05, 0) is 17.4 Å². The zero-order valence-corrected chi connectivity index (χ0v) is 18.3. The number of rotatable bonds is 2. The number of allylic oxidation sites excluding steroid dienone is 1. The summed E-state index contributed by atoms with van der Waals surface area (Å²) in [4.78, 5) is 36.6. The van der Waals surface area contributed by atoms with Crippen molar-refractivity contribution >= 4 is 17.7 Å². The number of ketones is 1. The lowest BCUT2D eigenvalue weighted by Gasteiger charge is -2.36. The lowest BCUT2D eigenvalue weighted by Crippen LogP contribution is -2.48. The van der Waals surface area contributed by atoms with Crippen LogP contribution in [0.1, 0.15) is 37.9 Å². The van der Waals surface area contributed by atoms with Gasteiger partial charge in [-0.1, -0.05) is 38.1 Å². The molecule has 4 aliphatic rings. The van der Waals surface area contributed by atoms with E-state index in [1.165, 1.54) is 0 Å². The molecule has 6 rings (SSSR count). The Hall–Kier alpha value is -2.97. The van der Waals surface area contributed by atoms with Crippen LogP contribution >= 0.6 is 0 Å². The average Bonchev–Trinajstić information content (AvgIpc) is 3.33. The standard InChI is InChI=1S/C24H26N4O4/c1-23(2)11-16-18(17(29)12-23)24(21(30)28(16)13-27-7-9-31-10-8-27)15-6-4-3-5-14(15)19-20(24)26-22(25)32-19/h3-6H,7-13H2,1-2H3,(H2,25,26)/t24-/m0/s1. The van der Waals surface area contributed by atoms with Crippen LogP contribution in [-0.2, 0) is 19.7 Å². The highest BCUT2D eigenvalue weighted by Gasteiger charge is 2.65. The second-order valence-electron chi connectivity index (χ2n) is 9.89. The van der Waals surface area contributed by atoms with E-state index in [4.69, 9.17) is 14.9 Å². The molecule has 0 unspecified atom stereocenters. The maximum atomic E-state index is 14.4. The molecule has 2 aliphatic heterocycles. The summed E-state index contributed by atoms with van der Waals surface area (Å²) in [7, 11) is 0. The number of carbonyl (C=O) groups excluding carboxylic acids is 2. The summed E-state index contributed by atoms with van der Waals surface area (Å²) in [5.41, 5.74) is 7.78. The van der Waals surface area contributed by atoms with E-state index in [2.05, 4.69) is 23.7 Å². The Labute approximate surface area is 186 Å². The molecule has 0 radical (unpaired) electrons. The summed E-state index contributed by atoms with van der Waals surface area (Å²) in [6.07, 6.45) is 1.04. The molecule has 1 saturated heterocycles. The highest BCUT2D eigenvalue weighted by Crippen LogP contribution is 2.60. The van der Waals surface area contributed by atoms with Crippen molar-refractivity contribution in [2.75, 3.05) is 38.7 Å². The zero-order chi connectivity index (χ0) is 22.3. The summed E-state index contributed by atoms with van der Waals surface area (Å²) < 4.78 is 11.3. The largest absolute Gasteiger partial charge is 0.423 e. The number of amides is 1. The van der Waals surface area contributed by atoms with Crippen molar-refractivity contribution in [2.45, 2.75) is 32.1 Å². The van der Waals surface area contributed by atoms with E-state index in [-0.39, 0.29) is 23.1 Å². The lowest BCUT2D eigenvalue weighted by molar-refractivity contribution is -0.134. The van der Waals surface area contributed by atoms with Crippen molar-refractivity contribution in [1.82, 2.24) is 14.8 Å². The number of fused-ring (bicyclic) bond motifs is 6. The number of carbonyl (C=O) groups is 2. The van der Waals surface area contributed by atoms with E-state index in [1.54, 1.807) is 0 Å². The molecule has 2 aromatic rings. The maximum Gasteiger partial charge on any atom is 0.292 e. The summed E-state index contributed by atoms with van der Waals surface area (Å²) in [5.74, 6) is 0.349. The molecule has 166 valence electrons. The van der Waals surface area contributed by atoms with Crippen molar-refractivity contribution in [2.24, 2.45) is 5.41 Å². The van der Waals surface area contributed by atoms with Gasteiger partial charge >= 0.3 is 0 Å². The Morgan fingerprint density at radius 3 is 2.66 bits per heavy atom. The van der Waals surface area contributed by atoms with E-state index in [0.717, 1.165) is 29.9 Å². The first kappa shape index (κ1) is 19.7. The number of morpholine rings is 1. The van der Waals surface area contributed by atoms with Crippen LogP contribution < -0.4 is 5.73 Å². The summed E-state index contributed by atoms with van der Waals surface area (Å²) in [6, 6.07) is 7.62. The number of aromatic nitrogens is 1. The van der Waals surface area contributed by atoms with Crippen molar-refractivity contribution < 1.29 is 18.7 Å². The van der Waals surface area contributed by atoms with Gasteiger partial charge in [0.2, 0.25) is 5.91 Å². The Morgan fingerprint density at radius 1 is 1.12 bits per heavy atom. The average molecular weight is 434 g/mol. The maximum absolute atomic E-state index is 14.4. The van der Waals surface area contributed by atoms with E-state index in [9.17, 15) is 9.59 Å². The van der Waals surface area contributed by atoms with E-state index >= 15 is 0 Å². The number of hydrogen-bond acceptors (Lipinski definition) is 7. The fraction of sp³-hybridized carbons (Fsp3) is 0.458. The predicted molar refractivity (Wildman–Crippen MR) is 116 cm³/mol. The molecule has 32 heavy (non-hydrogen) atoms. The van der Waals surface area contributed by atoms with Crippen molar-refractivity contribution in [1.29, 1.82) is 0 Å². The molecule has 1 spiro atoms. The summed E-state index contributed by atoms with van der Waals surface area (Å²) in [5, 5.41) is 0. The molecule has 8 heteroatoms. The van der Waals surface area contributed by atoms with Gasteiger partial charge in [-0.15, -0.1) is 0 Å². The number of ether oxygens (including phenoxy) is 1. The summed E-state index contributed by atoms with van der Waals surface area (Å²) in [6.45, 7) is 7.35. The van der Waals surface area contributed by atoms with Crippen LogP contribution in [0, 0.1) is 5.41 Å². The quantitative estimate of drug-likeness (QED) is 0.774. The number of nitrogens with two attached hydrogens (primary N) is 1. The molecule has 1 atom stereocenters. The first-order valence-electron chi connectivity index (χ1n) is 11.1. The van der Waals surface area contributed by atoms with Crippen LogP contribution in [0.2, 0.25) is 0 Å². The first-order chi connectivity index (χ1) is 15.3. The Bertz CT molecular complexity index is 1190. The molecule has 0 saturated carbocycles. The molecular weight excluding hydrogens is 408 g/mol. The second-order valence-corrected chi connectivity index (χ2v) is 9.89. The highest BCUT2D eigenvalue weighted by molar-refractivity contribution is 6.16. The van der Waals surface area contributed by atoms with E-state index in [1.807, 2.05) is 29.2 Å². The van der Waals surface area contributed by atoms with Crippen molar-refractivity contribution in [3.8, 4) is 11.3 Å². The smallest absolute Gasteiger partial charge is 0.292 e. The van der Waals surface area contributed by atoms with Crippen LogP contribution in [-0.4, -0.2) is 59.4 Å². The van der Waals surface area contributed by atoms with Gasteiger partial charge in [-0.2, -0.15) is 4.98 Å². The third-order valence-corrected chi connectivity index (χ3v) is 7.14. The minimum absolute atomic E-state index is 0.00157. The van der Waals surface area contributed by atoms with E-state index < -0.39 is 5.41 Å². The number of benzene rings is 1. The Balaban J connectivity index is 1.59. The third kappa shape index (κ3) is 2.47. The van der Waals surface area contributed by atoms with Gasteiger partial charge in [-0.3, -0.25) is 14.5 Å². The number of anilines is 1. The van der Waals surface area contributed by atoms with Crippen LogP contribution in [0.4, 0.5) is 6.01 Å². The molecule has 0 bridgehead atoms. The molecule has 1 amide bonds. The molecule has 8 nitrogen and oxygen atoms in total. The minimum Gasteiger partial charge on any atom is -0.423 e. The van der Waals surface area contributed by atoms with Crippen molar-refractivity contribution in [3.63, 3.8) is 0 Å². The topological polar surface area (TPSA) is 102 Å². The fourth-order valence-corrected chi connectivity index (χ4v) is 5.85. The molecule has 1 aromatic carbocycles. The van der Waals surface area contributed by atoms with Gasteiger partial charge in [0.05, 0.1) is 19.9 Å². The molecule has 2 N–H and O–H groups in total. The SMILES string of the molecule is CC1(C)CC(=O)C2=C(C1)N(CN1CCOCC1)C(=O)[C@@]21c2ccccc2-c2oc(N)nc21. The van der Waals surface area contributed by atoms with Gasteiger partial charge in [0.1, 0.15) is 5.69 Å². The van der Waals surface area contributed by atoms with Crippen LogP contribution in [0.3, 0.4) is 0 Å². The van der Waals surface area contributed by atoms with Gasteiger partial charge in [-0.25, -0.2) is 0 Å². The minimum atomic E-state index is -1.29. The van der Waals surface area contributed by atoms with Crippen LogP contribution in [0.5, 0.6) is 0 Å². The molecule has 3 heterocycles. The molecular formula is C24H26N4O4. The molecule has 1 aromatic heterocycles. The van der Waals surface area contributed by atoms with Gasteiger partial charge in [0.25, 0.3) is 6.01 Å². The predicted octanol–water partition coefficient (Wildman–Crippen LogP) is 2.30. The number of Topliss-reactive ketones (excluding diaryl/α,β-unsaturated/α-hetero) is 1. The van der Waals surface area contributed by atoms with Gasteiger partial charge in [0.15, 0.2) is 17.0 Å². The Kier molecular flexibility index (Phi) is 4.02. The highest BCUT2D eigenvalue weighted by atomic mass is 16.5. The fourth-order valence-electron chi connectivity index (χ4n) is 5.85. The number of hydrogen-bond donors (Lipinski definition) is 1. The van der Waals surface area contributed by atoms with Gasteiger partial charge < -0.3 is 19.8 Å². The molecule has 1 fully saturated rings. The van der Waals surface area contributed by atoms with Crippen LogP contribution in [0.25, 0.3) is 11.3 Å². The monoisotopic (exact) mass is 434 g/mol. The number of nitrogens with zero attached hydrogens (tertiary/aromatic N) is 3. The number of nitrogen functional groups attached to an aromatic ring is 1. The Morgan fingerprint density at radius 2 is 1.88 bits per heavy atom. The van der Waals surface area contributed by atoms with Crippen molar-refractivity contribution in [3.05, 3.63) is 46.8 Å². The summed E-state index contributed by atoms with van der Waals surface area (Å²) >= 11 is 0. The van der Waals surface area contributed by atoms with Gasteiger partial charge in [0, 0.05) is 36.3 Å². The van der Waals surface area contributed by atoms with E-state index in [0.29, 0.717) is 49.8 Å². The number of oxazole rings is 1. The third-order valence-electron chi connectivity index (χ3n) is 7.14. The van der Waals surface area contributed by atoms with Crippen LogP contribution in [0.15, 0.2) is 40.0 Å². The lowest BCUT2D eigenvalue weighted by atomic mass is 9.67. The molecule has 2 aliphatic carbocycles. The first-order valence-corrected chi connectivity index (χ1v) is 11.1.